The third-order valence-electron chi connectivity index (χ3n) is 4.73. The summed E-state index contributed by atoms with van der Waals surface area (Å²) in [5, 5.41) is 13.2. The molecule has 7 heteroatoms. The van der Waals surface area contributed by atoms with E-state index in [0.717, 1.165) is 11.1 Å². The molecule has 0 fully saturated rings. The molecule has 0 heterocycles. The highest BCUT2D eigenvalue weighted by Crippen LogP contribution is 2.33. The molecule has 176 valence electrons. The van der Waals surface area contributed by atoms with Crippen LogP contribution in [0.3, 0.4) is 0 Å². The van der Waals surface area contributed by atoms with Crippen molar-refractivity contribution in [2.75, 3.05) is 13.2 Å². The molecule has 0 amide bonds. The summed E-state index contributed by atoms with van der Waals surface area (Å²) in [6.07, 6.45) is -0.662. The van der Waals surface area contributed by atoms with Gasteiger partial charge in [-0.2, -0.15) is 0 Å². The van der Waals surface area contributed by atoms with Gasteiger partial charge in [0.2, 0.25) is 0 Å². The van der Waals surface area contributed by atoms with Crippen LogP contribution in [0.4, 0.5) is 8.78 Å². The van der Waals surface area contributed by atoms with Crippen molar-refractivity contribution in [3.63, 3.8) is 0 Å². The summed E-state index contributed by atoms with van der Waals surface area (Å²) in [6, 6.07) is 17.5. The van der Waals surface area contributed by atoms with Gasteiger partial charge in [-0.1, -0.05) is 38.1 Å². The van der Waals surface area contributed by atoms with Crippen LogP contribution in [0.1, 0.15) is 25.0 Å². The predicted octanol–water partition coefficient (Wildman–Crippen LogP) is 4.86. The molecule has 0 saturated carbocycles. The quantitative estimate of drug-likeness (QED) is 0.407. The summed E-state index contributed by atoms with van der Waals surface area (Å²) in [7, 11) is 0. The molecule has 0 spiro atoms. The zero-order chi connectivity index (χ0) is 23.6. The largest absolute Gasteiger partial charge is 0.491 e. The summed E-state index contributed by atoms with van der Waals surface area (Å²) in [6.45, 7) is 4.98. The lowest BCUT2D eigenvalue weighted by atomic mass is 10.2. The van der Waals surface area contributed by atoms with Crippen molar-refractivity contribution in [2.45, 2.75) is 39.2 Å². The van der Waals surface area contributed by atoms with E-state index in [-0.39, 0.29) is 37.5 Å². The maximum atomic E-state index is 13.2. The van der Waals surface area contributed by atoms with Crippen molar-refractivity contribution < 1.29 is 28.1 Å². The van der Waals surface area contributed by atoms with Crippen LogP contribution < -0.4 is 19.5 Å². The van der Waals surface area contributed by atoms with Crippen LogP contribution in [0.25, 0.3) is 0 Å². The van der Waals surface area contributed by atoms with Gasteiger partial charge in [-0.15, -0.1) is 0 Å². The Labute approximate surface area is 192 Å². The Kier molecular flexibility index (Phi) is 9.04. The fourth-order valence-corrected chi connectivity index (χ4v) is 2.92. The molecule has 33 heavy (non-hydrogen) atoms. The first-order valence-corrected chi connectivity index (χ1v) is 10.8. The smallest absolute Gasteiger partial charge is 0.165 e. The van der Waals surface area contributed by atoms with Crippen LogP contribution in [0.15, 0.2) is 66.7 Å². The topological polar surface area (TPSA) is 60.0 Å². The number of halogens is 2. The van der Waals surface area contributed by atoms with Gasteiger partial charge in [-0.25, -0.2) is 8.78 Å². The molecule has 3 aromatic rings. The molecular formula is C26H29F2NO4. The molecule has 3 aromatic carbocycles. The van der Waals surface area contributed by atoms with Gasteiger partial charge in [0.05, 0.1) is 0 Å². The molecule has 0 aliphatic rings. The fraction of sp³-hybridized carbons (Fsp3) is 0.308. The van der Waals surface area contributed by atoms with Crippen molar-refractivity contribution in [1.29, 1.82) is 0 Å². The number of benzene rings is 3. The van der Waals surface area contributed by atoms with E-state index in [1.807, 2.05) is 13.8 Å². The minimum atomic E-state index is -0.662. The first-order valence-electron chi connectivity index (χ1n) is 10.8. The summed E-state index contributed by atoms with van der Waals surface area (Å²) in [5.41, 5.74) is 1.60. The monoisotopic (exact) mass is 457 g/mol. The minimum absolute atomic E-state index is 0.118. The summed E-state index contributed by atoms with van der Waals surface area (Å²) >= 11 is 0. The summed E-state index contributed by atoms with van der Waals surface area (Å²) in [4.78, 5) is 0. The maximum absolute atomic E-state index is 13.2. The molecule has 5 nitrogen and oxygen atoms in total. The second-order valence-electron chi connectivity index (χ2n) is 7.97. The van der Waals surface area contributed by atoms with Crippen LogP contribution in [-0.2, 0) is 13.2 Å². The number of ether oxygens (including phenoxy) is 3. The van der Waals surface area contributed by atoms with E-state index in [2.05, 4.69) is 5.32 Å². The average Bonchev–Trinajstić information content (AvgIpc) is 2.81. The highest BCUT2D eigenvalue weighted by atomic mass is 19.1. The Bertz CT molecular complexity index is 994. The van der Waals surface area contributed by atoms with Crippen molar-refractivity contribution in [3.8, 4) is 17.2 Å². The van der Waals surface area contributed by atoms with Crippen molar-refractivity contribution >= 4 is 0 Å². The van der Waals surface area contributed by atoms with Crippen molar-refractivity contribution in [1.82, 2.24) is 5.32 Å². The highest BCUT2D eigenvalue weighted by Gasteiger charge is 2.11. The Morgan fingerprint density at radius 3 is 1.85 bits per heavy atom. The van der Waals surface area contributed by atoms with Gasteiger partial charge in [0.1, 0.15) is 43.3 Å². The third-order valence-corrected chi connectivity index (χ3v) is 4.73. The zero-order valence-corrected chi connectivity index (χ0v) is 18.8. The van der Waals surface area contributed by atoms with Gasteiger partial charge >= 0.3 is 0 Å². The summed E-state index contributed by atoms with van der Waals surface area (Å²) < 4.78 is 43.9. The maximum Gasteiger partial charge on any atom is 0.165 e. The van der Waals surface area contributed by atoms with Crippen molar-refractivity contribution in [3.05, 3.63) is 89.5 Å². The number of hydrogen-bond donors (Lipinski definition) is 2. The molecular weight excluding hydrogens is 428 g/mol. The van der Waals surface area contributed by atoms with Crippen LogP contribution in [-0.4, -0.2) is 30.4 Å². The number of aliphatic hydroxyl groups is 1. The Morgan fingerprint density at radius 2 is 1.30 bits per heavy atom. The molecule has 0 unspecified atom stereocenters. The van der Waals surface area contributed by atoms with Crippen molar-refractivity contribution in [2.24, 2.45) is 0 Å². The van der Waals surface area contributed by atoms with Crippen LogP contribution >= 0.6 is 0 Å². The molecule has 2 N–H and O–H groups in total. The SMILES string of the molecule is CC(C)NC[C@@H](O)COc1ccc(OCc2ccc(F)cc2)c(OCc2ccc(F)cc2)c1. The van der Waals surface area contributed by atoms with E-state index in [1.54, 1.807) is 42.5 Å². The molecule has 0 aromatic heterocycles. The molecule has 0 saturated heterocycles. The molecule has 0 aliphatic carbocycles. The lowest BCUT2D eigenvalue weighted by molar-refractivity contribution is 0.104. The molecule has 1 atom stereocenters. The highest BCUT2D eigenvalue weighted by molar-refractivity contribution is 5.46. The van der Waals surface area contributed by atoms with E-state index >= 15 is 0 Å². The van der Waals surface area contributed by atoms with E-state index in [0.29, 0.717) is 23.8 Å². The Balaban J connectivity index is 1.68. The average molecular weight is 458 g/mol. The Hall–Kier alpha value is -3.16. The molecule has 0 radical (unpaired) electrons. The predicted molar refractivity (Wildman–Crippen MR) is 123 cm³/mol. The second-order valence-corrected chi connectivity index (χ2v) is 7.97. The first-order chi connectivity index (χ1) is 15.9. The van der Waals surface area contributed by atoms with Gasteiger partial charge in [-0.3, -0.25) is 0 Å². The summed E-state index contributed by atoms with van der Waals surface area (Å²) in [5.74, 6) is 0.809. The molecule has 0 aliphatic heterocycles. The van der Waals surface area contributed by atoms with E-state index in [9.17, 15) is 13.9 Å². The van der Waals surface area contributed by atoms with Crippen LogP contribution in [0.5, 0.6) is 17.2 Å². The van der Waals surface area contributed by atoms with E-state index in [1.165, 1.54) is 24.3 Å². The lowest BCUT2D eigenvalue weighted by Gasteiger charge is -2.17. The van der Waals surface area contributed by atoms with Gasteiger partial charge in [0.15, 0.2) is 11.5 Å². The van der Waals surface area contributed by atoms with Gasteiger partial charge < -0.3 is 24.6 Å². The number of aliphatic hydroxyl groups excluding tert-OH is 1. The molecule has 0 bridgehead atoms. The second kappa shape index (κ2) is 12.2. The Morgan fingerprint density at radius 1 is 0.758 bits per heavy atom. The standard InChI is InChI=1S/C26H29F2NO4/c1-18(2)29-14-23(30)17-31-24-11-12-25(32-15-19-3-7-21(27)8-4-19)26(13-24)33-16-20-5-9-22(28)10-6-20/h3-13,18,23,29-30H,14-17H2,1-2H3/t23-/m1/s1. The number of nitrogens with one attached hydrogen (secondary N) is 1. The fourth-order valence-electron chi connectivity index (χ4n) is 2.92. The van der Waals surface area contributed by atoms with Gasteiger partial charge in [-0.05, 0) is 47.5 Å². The van der Waals surface area contributed by atoms with Crippen LogP contribution in [0.2, 0.25) is 0 Å². The number of rotatable bonds is 12. The van der Waals surface area contributed by atoms with Crippen LogP contribution in [0, 0.1) is 11.6 Å². The van der Waals surface area contributed by atoms with Gasteiger partial charge in [0, 0.05) is 18.7 Å². The zero-order valence-electron chi connectivity index (χ0n) is 18.8. The van der Waals surface area contributed by atoms with E-state index in [4.69, 9.17) is 14.2 Å². The first kappa shape index (κ1) is 24.5. The molecule has 3 rings (SSSR count). The lowest BCUT2D eigenvalue weighted by Crippen LogP contribution is -2.35. The number of hydrogen-bond acceptors (Lipinski definition) is 5. The van der Waals surface area contributed by atoms with E-state index < -0.39 is 6.10 Å². The normalized spacial score (nSPS) is 11.9. The van der Waals surface area contributed by atoms with Gasteiger partial charge in [0.25, 0.3) is 0 Å². The third kappa shape index (κ3) is 8.36. The minimum Gasteiger partial charge on any atom is -0.491 e.